The number of piperazine rings is 1. The number of aryl methyl sites for hydroxylation is 1. The number of hydrogen-bond acceptors (Lipinski definition) is 8. The molecule has 3 aromatic rings. The van der Waals surface area contributed by atoms with Gasteiger partial charge in [0.25, 0.3) is 0 Å². The van der Waals surface area contributed by atoms with Crippen LogP contribution in [0.25, 0.3) is 0 Å². The molecule has 3 heterocycles. The Labute approximate surface area is 174 Å². The normalized spacial score (nSPS) is 13.9. The van der Waals surface area contributed by atoms with E-state index in [9.17, 15) is 10.1 Å². The molecule has 0 radical (unpaired) electrons. The van der Waals surface area contributed by atoms with Gasteiger partial charge in [0.2, 0.25) is 11.6 Å². The SMILES string of the molecule is Cc1cccc(N2CCN(c3ncnc(Nc4cccnc4)c3[N+](=O)[O-])CC2)c1C. The average molecular weight is 405 g/mol. The smallest absolute Gasteiger partial charge is 0.353 e. The van der Waals surface area contributed by atoms with Crippen molar-refractivity contribution in [3.8, 4) is 0 Å². The van der Waals surface area contributed by atoms with Crippen molar-refractivity contribution >= 4 is 28.7 Å². The summed E-state index contributed by atoms with van der Waals surface area (Å²) in [5.41, 5.74) is 4.24. The Bertz CT molecular complexity index is 1050. The molecule has 1 aliphatic heterocycles. The molecule has 0 spiro atoms. The van der Waals surface area contributed by atoms with Crippen LogP contribution in [0.2, 0.25) is 0 Å². The third-order valence-corrected chi connectivity index (χ3v) is 5.41. The van der Waals surface area contributed by atoms with E-state index < -0.39 is 4.92 Å². The van der Waals surface area contributed by atoms with Crippen LogP contribution in [0, 0.1) is 24.0 Å². The van der Waals surface area contributed by atoms with E-state index in [1.807, 2.05) is 4.90 Å². The summed E-state index contributed by atoms with van der Waals surface area (Å²) < 4.78 is 0. The highest BCUT2D eigenvalue weighted by atomic mass is 16.6. The molecule has 0 aliphatic carbocycles. The van der Waals surface area contributed by atoms with Crippen molar-refractivity contribution < 1.29 is 4.92 Å². The van der Waals surface area contributed by atoms with E-state index in [2.05, 4.69) is 57.2 Å². The lowest BCUT2D eigenvalue weighted by Crippen LogP contribution is -2.47. The first-order valence-corrected chi connectivity index (χ1v) is 9.77. The Morgan fingerprint density at radius 3 is 2.50 bits per heavy atom. The van der Waals surface area contributed by atoms with Gasteiger partial charge in [-0.2, -0.15) is 0 Å². The summed E-state index contributed by atoms with van der Waals surface area (Å²) >= 11 is 0. The van der Waals surface area contributed by atoms with Gasteiger partial charge >= 0.3 is 5.69 Å². The summed E-state index contributed by atoms with van der Waals surface area (Å²) in [7, 11) is 0. The zero-order valence-corrected chi connectivity index (χ0v) is 16.9. The molecule has 0 saturated carbocycles. The molecule has 0 unspecified atom stereocenters. The number of pyridine rings is 1. The van der Waals surface area contributed by atoms with Crippen molar-refractivity contribution in [3.63, 3.8) is 0 Å². The Kier molecular flexibility index (Phi) is 5.42. The van der Waals surface area contributed by atoms with E-state index >= 15 is 0 Å². The van der Waals surface area contributed by atoms with Crippen LogP contribution >= 0.6 is 0 Å². The number of rotatable bonds is 5. The minimum Gasteiger partial charge on any atom is -0.368 e. The molecule has 0 atom stereocenters. The molecule has 1 saturated heterocycles. The van der Waals surface area contributed by atoms with Crippen LogP contribution in [0.5, 0.6) is 0 Å². The third-order valence-electron chi connectivity index (χ3n) is 5.41. The monoisotopic (exact) mass is 405 g/mol. The van der Waals surface area contributed by atoms with Crippen molar-refractivity contribution in [1.29, 1.82) is 0 Å². The fourth-order valence-electron chi connectivity index (χ4n) is 3.67. The first-order chi connectivity index (χ1) is 14.5. The summed E-state index contributed by atoms with van der Waals surface area (Å²) in [4.78, 5) is 28.1. The number of nitrogens with one attached hydrogen (secondary N) is 1. The quantitative estimate of drug-likeness (QED) is 0.509. The van der Waals surface area contributed by atoms with Gasteiger partial charge in [-0.25, -0.2) is 9.97 Å². The first kappa shape index (κ1) is 19.6. The van der Waals surface area contributed by atoms with Gasteiger partial charge in [-0.3, -0.25) is 15.1 Å². The Morgan fingerprint density at radius 1 is 1.03 bits per heavy atom. The first-order valence-electron chi connectivity index (χ1n) is 9.77. The largest absolute Gasteiger partial charge is 0.368 e. The van der Waals surface area contributed by atoms with Crippen molar-refractivity contribution in [2.45, 2.75) is 13.8 Å². The molecule has 4 rings (SSSR count). The molecule has 9 nitrogen and oxygen atoms in total. The van der Waals surface area contributed by atoms with Crippen LogP contribution in [0.4, 0.5) is 28.7 Å². The second kappa shape index (κ2) is 8.32. The maximum absolute atomic E-state index is 11.9. The van der Waals surface area contributed by atoms with Crippen LogP contribution in [0.15, 0.2) is 49.1 Å². The molecule has 1 aromatic carbocycles. The highest BCUT2D eigenvalue weighted by Gasteiger charge is 2.29. The van der Waals surface area contributed by atoms with Gasteiger partial charge in [-0.05, 0) is 43.2 Å². The van der Waals surface area contributed by atoms with Crippen LogP contribution in [-0.4, -0.2) is 46.1 Å². The summed E-state index contributed by atoms with van der Waals surface area (Å²) in [6.07, 6.45) is 4.59. The molecular formula is C21H23N7O2. The zero-order valence-electron chi connectivity index (χ0n) is 16.9. The van der Waals surface area contributed by atoms with Gasteiger partial charge < -0.3 is 15.1 Å². The van der Waals surface area contributed by atoms with Crippen LogP contribution < -0.4 is 15.1 Å². The lowest BCUT2D eigenvalue weighted by atomic mass is 10.1. The number of aromatic nitrogens is 3. The fourth-order valence-corrected chi connectivity index (χ4v) is 3.67. The molecule has 1 aliphatic rings. The number of benzene rings is 1. The van der Waals surface area contributed by atoms with Crippen LogP contribution in [0.3, 0.4) is 0 Å². The van der Waals surface area contributed by atoms with Gasteiger partial charge in [0, 0.05) is 38.1 Å². The van der Waals surface area contributed by atoms with Gasteiger partial charge in [-0.15, -0.1) is 0 Å². The summed E-state index contributed by atoms with van der Waals surface area (Å²) in [6.45, 7) is 7.03. The number of nitrogens with zero attached hydrogens (tertiary/aromatic N) is 6. The summed E-state index contributed by atoms with van der Waals surface area (Å²) in [5.74, 6) is 0.497. The molecule has 1 N–H and O–H groups in total. The predicted molar refractivity (Wildman–Crippen MR) is 117 cm³/mol. The number of hydrogen-bond donors (Lipinski definition) is 1. The second-order valence-corrected chi connectivity index (χ2v) is 7.21. The van der Waals surface area contributed by atoms with Gasteiger partial charge in [-0.1, -0.05) is 12.1 Å². The van der Waals surface area contributed by atoms with E-state index in [1.54, 1.807) is 24.5 Å². The molecule has 0 amide bonds. The molecular weight excluding hydrogens is 382 g/mol. The van der Waals surface area contributed by atoms with E-state index in [0.29, 0.717) is 24.6 Å². The summed E-state index contributed by atoms with van der Waals surface area (Å²) in [5, 5.41) is 14.9. The Hall–Kier alpha value is -3.75. The molecule has 9 heteroatoms. The number of anilines is 4. The Balaban J connectivity index is 1.57. The fraction of sp³-hybridized carbons (Fsp3) is 0.286. The third kappa shape index (κ3) is 3.86. The number of nitro groups is 1. The van der Waals surface area contributed by atoms with Crippen molar-refractivity contribution in [1.82, 2.24) is 15.0 Å². The highest BCUT2D eigenvalue weighted by Crippen LogP contribution is 2.34. The van der Waals surface area contributed by atoms with Crippen LogP contribution in [0.1, 0.15) is 11.1 Å². The van der Waals surface area contributed by atoms with Gasteiger partial charge in [0.15, 0.2) is 0 Å². The second-order valence-electron chi connectivity index (χ2n) is 7.21. The van der Waals surface area contributed by atoms with Gasteiger partial charge in [0.05, 0.1) is 16.8 Å². The van der Waals surface area contributed by atoms with Gasteiger partial charge in [0.1, 0.15) is 6.33 Å². The summed E-state index contributed by atoms with van der Waals surface area (Å²) in [6, 6.07) is 9.83. The standard InChI is InChI=1S/C21H23N7O2/c1-15-5-3-7-18(16(15)2)26-9-11-27(12-10-26)21-19(28(29)30)20(23-14-24-21)25-17-6-4-8-22-13-17/h3-8,13-14H,9-12H2,1-2H3,(H,23,24,25). The van der Waals surface area contributed by atoms with Crippen molar-refractivity contribution in [3.05, 3.63) is 70.3 Å². The predicted octanol–water partition coefficient (Wildman–Crippen LogP) is 3.47. The molecule has 2 aromatic heterocycles. The molecule has 154 valence electrons. The van der Waals surface area contributed by atoms with Crippen molar-refractivity contribution in [2.24, 2.45) is 0 Å². The van der Waals surface area contributed by atoms with E-state index in [1.165, 1.54) is 23.1 Å². The highest BCUT2D eigenvalue weighted by molar-refractivity contribution is 5.74. The molecule has 30 heavy (non-hydrogen) atoms. The topological polar surface area (TPSA) is 100 Å². The van der Waals surface area contributed by atoms with E-state index in [4.69, 9.17) is 0 Å². The zero-order chi connectivity index (χ0) is 21.1. The minimum atomic E-state index is -0.425. The lowest BCUT2D eigenvalue weighted by Gasteiger charge is -2.37. The lowest BCUT2D eigenvalue weighted by molar-refractivity contribution is -0.383. The minimum absolute atomic E-state index is 0.124. The van der Waals surface area contributed by atoms with E-state index in [-0.39, 0.29) is 11.5 Å². The van der Waals surface area contributed by atoms with Crippen molar-refractivity contribution in [2.75, 3.05) is 41.3 Å². The van der Waals surface area contributed by atoms with Crippen LogP contribution in [-0.2, 0) is 0 Å². The Morgan fingerprint density at radius 2 is 1.80 bits per heavy atom. The average Bonchev–Trinajstić information content (AvgIpc) is 2.76. The van der Waals surface area contributed by atoms with E-state index in [0.717, 1.165) is 13.1 Å². The maximum Gasteiger partial charge on any atom is 0.353 e. The molecule has 0 bridgehead atoms. The maximum atomic E-state index is 11.9. The molecule has 1 fully saturated rings.